The van der Waals surface area contributed by atoms with Crippen LogP contribution >= 0.6 is 11.3 Å². The van der Waals surface area contributed by atoms with E-state index in [4.69, 9.17) is 5.11 Å². The molecule has 0 saturated heterocycles. The molecule has 0 saturated carbocycles. The van der Waals surface area contributed by atoms with Crippen molar-refractivity contribution in [1.82, 2.24) is 25.9 Å². The summed E-state index contributed by atoms with van der Waals surface area (Å²) in [4.78, 5) is 13.6. The molecule has 8 heteroatoms. The Morgan fingerprint density at radius 1 is 1.62 bits per heavy atom. The lowest BCUT2D eigenvalue weighted by atomic mass is 10.2. The number of H-pyrrole nitrogens is 1. The van der Waals surface area contributed by atoms with Gasteiger partial charge in [-0.25, -0.2) is 0 Å². The zero-order chi connectivity index (χ0) is 15.2. The molecule has 0 aliphatic rings. The number of aryl methyl sites for hydroxylation is 1. The van der Waals surface area contributed by atoms with Crippen LogP contribution < -0.4 is 5.32 Å². The molecule has 2 aromatic heterocycles. The van der Waals surface area contributed by atoms with Crippen LogP contribution in [-0.2, 0) is 0 Å². The number of hydrogen-bond acceptors (Lipinski definition) is 6. The van der Waals surface area contributed by atoms with Gasteiger partial charge in [-0.05, 0) is 25.5 Å². The Hall–Kier alpha value is -2.24. The van der Waals surface area contributed by atoms with Crippen LogP contribution in [-0.4, -0.2) is 38.2 Å². The molecule has 0 spiro atoms. The van der Waals surface area contributed by atoms with Gasteiger partial charge in [0.15, 0.2) is 5.82 Å². The average Bonchev–Trinajstić information content (AvgIpc) is 3.09. The number of carbonyl (C=O) groups is 1. The highest BCUT2D eigenvalue weighted by Gasteiger charge is 2.17. The van der Waals surface area contributed by atoms with Crippen LogP contribution in [0.5, 0.6) is 0 Å². The van der Waals surface area contributed by atoms with E-state index in [1.54, 1.807) is 13.0 Å². The zero-order valence-electron chi connectivity index (χ0n) is 11.7. The molecule has 1 amide bonds. The lowest BCUT2D eigenvalue weighted by molar-refractivity contribution is 0.0942. The number of carbonyl (C=O) groups excluding carboxylic acids is 1. The second-order valence-corrected chi connectivity index (χ2v) is 5.42. The van der Waals surface area contributed by atoms with Crippen molar-refractivity contribution in [2.24, 2.45) is 0 Å². The predicted octanol–water partition coefficient (Wildman–Crippen LogP) is 0.795. The second-order valence-electron chi connectivity index (χ2n) is 4.36. The largest absolute Gasteiger partial charge is 0.395 e. The molecule has 0 radical (unpaired) electrons. The molecule has 0 aliphatic carbocycles. The van der Waals surface area contributed by atoms with Crippen LogP contribution in [0.3, 0.4) is 0 Å². The normalized spacial score (nSPS) is 11.6. The van der Waals surface area contributed by atoms with Gasteiger partial charge in [0.25, 0.3) is 5.91 Å². The Balaban J connectivity index is 2.06. The number of nitrogens with zero attached hydrogens (tertiary/aromatic N) is 3. The van der Waals surface area contributed by atoms with E-state index in [0.29, 0.717) is 17.1 Å². The molecule has 2 heterocycles. The summed E-state index contributed by atoms with van der Waals surface area (Å²) < 4.78 is 0. The van der Waals surface area contributed by atoms with Crippen molar-refractivity contribution in [3.63, 3.8) is 0 Å². The molecule has 0 aliphatic heterocycles. The molecule has 21 heavy (non-hydrogen) atoms. The molecular weight excluding hydrogens is 290 g/mol. The number of rotatable bonds is 4. The summed E-state index contributed by atoms with van der Waals surface area (Å²) in [5.41, 5.74) is 0.947. The molecule has 2 aromatic rings. The molecular formula is C13H15N5O2S. The number of aliphatic hydroxyl groups excluding tert-OH is 1. The van der Waals surface area contributed by atoms with Crippen molar-refractivity contribution in [2.45, 2.75) is 26.3 Å². The van der Waals surface area contributed by atoms with Gasteiger partial charge in [-0.2, -0.15) is 5.21 Å². The fourth-order valence-electron chi connectivity index (χ4n) is 1.60. The Labute approximate surface area is 125 Å². The number of nitrogens with one attached hydrogen (secondary N) is 2. The molecule has 0 aromatic carbocycles. The van der Waals surface area contributed by atoms with Gasteiger partial charge in [-0.1, -0.05) is 17.1 Å². The van der Waals surface area contributed by atoms with E-state index in [1.807, 2.05) is 6.92 Å². The summed E-state index contributed by atoms with van der Waals surface area (Å²) in [6.45, 7) is 3.72. The van der Waals surface area contributed by atoms with Gasteiger partial charge in [0, 0.05) is 6.42 Å². The molecule has 7 nitrogen and oxygen atoms in total. The number of aromatic nitrogens is 4. The number of aromatic amines is 1. The summed E-state index contributed by atoms with van der Waals surface area (Å²) in [5, 5.41) is 25.0. The molecule has 0 fully saturated rings. The van der Waals surface area contributed by atoms with Crippen molar-refractivity contribution in [3.05, 3.63) is 27.2 Å². The first-order valence-electron chi connectivity index (χ1n) is 6.36. The number of amides is 1. The molecule has 2 rings (SSSR count). The summed E-state index contributed by atoms with van der Waals surface area (Å²) in [6, 6.07) is 1.47. The quantitative estimate of drug-likeness (QED) is 0.725. The first kappa shape index (κ1) is 15.2. The Morgan fingerprint density at radius 2 is 2.43 bits per heavy atom. The van der Waals surface area contributed by atoms with Gasteiger partial charge in [0.2, 0.25) is 0 Å². The van der Waals surface area contributed by atoms with Gasteiger partial charge in [0.05, 0.1) is 22.4 Å². The van der Waals surface area contributed by atoms with E-state index in [9.17, 15) is 4.79 Å². The van der Waals surface area contributed by atoms with Crippen LogP contribution in [0.25, 0.3) is 0 Å². The van der Waals surface area contributed by atoms with E-state index in [1.165, 1.54) is 11.3 Å². The minimum atomic E-state index is -0.331. The van der Waals surface area contributed by atoms with Gasteiger partial charge >= 0.3 is 0 Å². The standard InChI is InChI=1S/C13H15N5O2S/c1-8-7-11(21-10(8)5-3-4-6-19)13(20)14-9(2)12-15-17-18-16-12/h7,9,19H,4,6H2,1-2H3,(H,14,20)(H,15,16,17,18). The Kier molecular flexibility index (Phi) is 5.03. The third kappa shape index (κ3) is 3.87. The van der Waals surface area contributed by atoms with E-state index in [0.717, 1.165) is 10.4 Å². The molecule has 110 valence electrons. The van der Waals surface area contributed by atoms with Crippen molar-refractivity contribution < 1.29 is 9.90 Å². The fourth-order valence-corrected chi connectivity index (χ4v) is 2.55. The van der Waals surface area contributed by atoms with Crippen LogP contribution in [0.2, 0.25) is 0 Å². The monoisotopic (exact) mass is 305 g/mol. The van der Waals surface area contributed by atoms with E-state index < -0.39 is 0 Å². The fraction of sp³-hybridized carbons (Fsp3) is 0.385. The second kappa shape index (κ2) is 6.97. The lowest BCUT2D eigenvalue weighted by Crippen LogP contribution is -2.26. The first-order valence-corrected chi connectivity index (χ1v) is 7.18. The lowest BCUT2D eigenvalue weighted by Gasteiger charge is -2.08. The van der Waals surface area contributed by atoms with Gasteiger partial charge in [0.1, 0.15) is 0 Å². The summed E-state index contributed by atoms with van der Waals surface area (Å²) in [5.74, 6) is 6.04. The predicted molar refractivity (Wildman–Crippen MR) is 77.7 cm³/mol. The van der Waals surface area contributed by atoms with E-state index in [2.05, 4.69) is 37.8 Å². The third-order valence-corrected chi connectivity index (χ3v) is 3.83. The van der Waals surface area contributed by atoms with Gasteiger partial charge in [-0.15, -0.1) is 21.5 Å². The highest BCUT2D eigenvalue weighted by atomic mass is 32.1. The van der Waals surface area contributed by atoms with Crippen molar-refractivity contribution in [3.8, 4) is 11.8 Å². The summed E-state index contributed by atoms with van der Waals surface area (Å²) in [7, 11) is 0. The SMILES string of the molecule is Cc1cc(C(=O)NC(C)c2nn[nH]n2)sc1C#CCCO. The van der Waals surface area contributed by atoms with E-state index in [-0.39, 0.29) is 18.6 Å². The minimum Gasteiger partial charge on any atom is -0.395 e. The Morgan fingerprint density at radius 3 is 3.10 bits per heavy atom. The van der Waals surface area contributed by atoms with Crippen LogP contribution in [0.4, 0.5) is 0 Å². The first-order chi connectivity index (χ1) is 10.1. The van der Waals surface area contributed by atoms with Gasteiger partial charge < -0.3 is 10.4 Å². The maximum absolute atomic E-state index is 12.2. The van der Waals surface area contributed by atoms with Crippen LogP contribution in [0.1, 0.15) is 45.3 Å². The summed E-state index contributed by atoms with van der Waals surface area (Å²) in [6.07, 6.45) is 0.424. The zero-order valence-corrected chi connectivity index (χ0v) is 12.5. The van der Waals surface area contributed by atoms with Crippen molar-refractivity contribution >= 4 is 17.2 Å². The summed E-state index contributed by atoms with van der Waals surface area (Å²) >= 11 is 1.33. The maximum Gasteiger partial charge on any atom is 0.261 e. The molecule has 1 atom stereocenters. The molecule has 3 N–H and O–H groups in total. The topological polar surface area (TPSA) is 104 Å². The van der Waals surface area contributed by atoms with E-state index >= 15 is 0 Å². The molecule has 0 bridgehead atoms. The molecule has 1 unspecified atom stereocenters. The minimum absolute atomic E-state index is 0.0347. The van der Waals surface area contributed by atoms with Crippen LogP contribution in [0.15, 0.2) is 6.07 Å². The number of aliphatic hydroxyl groups is 1. The van der Waals surface area contributed by atoms with Crippen LogP contribution in [0, 0.1) is 18.8 Å². The third-order valence-electron chi connectivity index (χ3n) is 2.68. The van der Waals surface area contributed by atoms with Gasteiger partial charge in [-0.3, -0.25) is 4.79 Å². The maximum atomic E-state index is 12.2. The number of thiophene rings is 1. The highest BCUT2D eigenvalue weighted by Crippen LogP contribution is 2.21. The Bertz CT molecular complexity index is 669. The van der Waals surface area contributed by atoms with Crippen molar-refractivity contribution in [2.75, 3.05) is 6.61 Å². The highest BCUT2D eigenvalue weighted by molar-refractivity contribution is 7.14. The number of tetrazole rings is 1. The number of hydrogen-bond donors (Lipinski definition) is 3. The smallest absolute Gasteiger partial charge is 0.261 e. The van der Waals surface area contributed by atoms with Crippen molar-refractivity contribution in [1.29, 1.82) is 0 Å². The average molecular weight is 305 g/mol.